The van der Waals surface area contributed by atoms with Crippen LogP contribution in [0.2, 0.25) is 0 Å². The lowest BCUT2D eigenvalue weighted by atomic mass is 10.1. The second-order valence-corrected chi connectivity index (χ2v) is 4.21. The van der Waals surface area contributed by atoms with Crippen LogP contribution in [0.15, 0.2) is 29.3 Å². The van der Waals surface area contributed by atoms with Crippen LogP contribution >= 0.6 is 0 Å². The molecule has 0 saturated carbocycles. The Morgan fingerprint density at radius 2 is 1.95 bits per heavy atom. The molecule has 1 atom stereocenters. The second-order valence-electron chi connectivity index (χ2n) is 4.21. The first-order chi connectivity index (χ1) is 9.17. The zero-order valence-electron chi connectivity index (χ0n) is 11.5. The summed E-state index contributed by atoms with van der Waals surface area (Å²) in [6.45, 7) is 5.90. The van der Waals surface area contributed by atoms with Crippen molar-refractivity contribution < 1.29 is 9.50 Å². The van der Waals surface area contributed by atoms with Gasteiger partial charge < -0.3 is 15.7 Å². The molecule has 0 fully saturated rings. The molecule has 0 aliphatic carbocycles. The van der Waals surface area contributed by atoms with E-state index in [0.29, 0.717) is 11.5 Å². The fourth-order valence-corrected chi connectivity index (χ4v) is 1.55. The minimum absolute atomic E-state index is 0.241. The molecule has 0 amide bonds. The smallest absolute Gasteiger partial charge is 0.191 e. The van der Waals surface area contributed by atoms with Gasteiger partial charge in [-0.2, -0.15) is 0 Å². The summed E-state index contributed by atoms with van der Waals surface area (Å²) in [6.07, 6.45) is 0.281. The van der Waals surface area contributed by atoms with E-state index in [0.717, 1.165) is 19.5 Å². The number of rotatable bonds is 6. The van der Waals surface area contributed by atoms with Gasteiger partial charge >= 0.3 is 0 Å². The molecule has 106 valence electrons. The molecule has 0 spiro atoms. The zero-order valence-corrected chi connectivity index (χ0v) is 11.5. The van der Waals surface area contributed by atoms with E-state index in [4.69, 9.17) is 0 Å². The summed E-state index contributed by atoms with van der Waals surface area (Å²) >= 11 is 0. The Hall–Kier alpha value is -1.62. The Morgan fingerprint density at radius 3 is 2.53 bits per heavy atom. The molecule has 0 heterocycles. The maximum absolute atomic E-state index is 12.8. The molecular formula is C14H22FN3O. The lowest BCUT2D eigenvalue weighted by Gasteiger charge is -2.12. The Bertz CT molecular complexity index is 392. The van der Waals surface area contributed by atoms with E-state index in [2.05, 4.69) is 22.5 Å². The number of aliphatic imine (C=N–C) groups is 1. The SMILES string of the molecule is CCCNC(=NCC(O)c1ccc(F)cc1)NCC. The number of hydrogen-bond acceptors (Lipinski definition) is 2. The number of nitrogens with one attached hydrogen (secondary N) is 2. The van der Waals surface area contributed by atoms with E-state index >= 15 is 0 Å². The van der Waals surface area contributed by atoms with Crippen molar-refractivity contribution in [2.45, 2.75) is 26.4 Å². The molecule has 0 bridgehead atoms. The van der Waals surface area contributed by atoms with Gasteiger partial charge in [-0.25, -0.2) is 4.39 Å². The van der Waals surface area contributed by atoms with Gasteiger partial charge in [-0.3, -0.25) is 4.99 Å². The first-order valence-electron chi connectivity index (χ1n) is 6.63. The molecule has 0 saturated heterocycles. The van der Waals surface area contributed by atoms with Crippen LogP contribution in [0.3, 0.4) is 0 Å². The summed E-state index contributed by atoms with van der Waals surface area (Å²) in [5, 5.41) is 16.2. The van der Waals surface area contributed by atoms with Crippen molar-refractivity contribution in [3.05, 3.63) is 35.6 Å². The number of hydrogen-bond donors (Lipinski definition) is 3. The largest absolute Gasteiger partial charge is 0.386 e. The van der Waals surface area contributed by atoms with Crippen LogP contribution in [0.1, 0.15) is 31.9 Å². The standard InChI is InChI=1S/C14H22FN3O/c1-3-9-17-14(16-4-2)18-10-13(19)11-5-7-12(15)8-6-11/h5-8,13,19H,3-4,9-10H2,1-2H3,(H2,16,17,18). The summed E-state index contributed by atoms with van der Waals surface area (Å²) < 4.78 is 12.8. The van der Waals surface area contributed by atoms with Crippen LogP contribution in [0, 0.1) is 5.82 Å². The third kappa shape index (κ3) is 5.70. The number of aliphatic hydroxyl groups excluding tert-OH is 1. The fourth-order valence-electron chi connectivity index (χ4n) is 1.55. The van der Waals surface area contributed by atoms with Crippen molar-refractivity contribution in [1.82, 2.24) is 10.6 Å². The molecule has 1 aromatic carbocycles. The summed E-state index contributed by atoms with van der Waals surface area (Å²) in [4.78, 5) is 4.30. The van der Waals surface area contributed by atoms with Crippen molar-refractivity contribution in [2.75, 3.05) is 19.6 Å². The lowest BCUT2D eigenvalue weighted by molar-refractivity contribution is 0.187. The maximum Gasteiger partial charge on any atom is 0.191 e. The van der Waals surface area contributed by atoms with Crippen LogP contribution in [0.25, 0.3) is 0 Å². The monoisotopic (exact) mass is 267 g/mol. The summed E-state index contributed by atoms with van der Waals surface area (Å²) in [6, 6.07) is 5.81. The van der Waals surface area contributed by atoms with Crippen LogP contribution in [0.5, 0.6) is 0 Å². The average Bonchev–Trinajstić information content (AvgIpc) is 2.42. The van der Waals surface area contributed by atoms with Gasteiger partial charge in [0.15, 0.2) is 5.96 Å². The third-order valence-electron chi connectivity index (χ3n) is 2.56. The molecule has 1 unspecified atom stereocenters. The molecule has 19 heavy (non-hydrogen) atoms. The van der Waals surface area contributed by atoms with Crippen LogP contribution in [-0.2, 0) is 0 Å². The Morgan fingerprint density at radius 1 is 1.26 bits per heavy atom. The van der Waals surface area contributed by atoms with Gasteiger partial charge in [0.1, 0.15) is 5.82 Å². The molecule has 1 rings (SSSR count). The van der Waals surface area contributed by atoms with E-state index in [1.165, 1.54) is 12.1 Å². The highest BCUT2D eigenvalue weighted by atomic mass is 19.1. The van der Waals surface area contributed by atoms with E-state index in [1.54, 1.807) is 12.1 Å². The number of benzene rings is 1. The number of halogens is 1. The van der Waals surface area contributed by atoms with E-state index in [-0.39, 0.29) is 12.4 Å². The number of aliphatic hydroxyl groups is 1. The number of guanidine groups is 1. The van der Waals surface area contributed by atoms with Gasteiger partial charge in [0.2, 0.25) is 0 Å². The lowest BCUT2D eigenvalue weighted by Crippen LogP contribution is -2.37. The molecular weight excluding hydrogens is 245 g/mol. The summed E-state index contributed by atoms with van der Waals surface area (Å²) in [5.41, 5.74) is 0.663. The Balaban J connectivity index is 2.57. The van der Waals surface area contributed by atoms with Crippen molar-refractivity contribution in [3.8, 4) is 0 Å². The van der Waals surface area contributed by atoms with Crippen LogP contribution < -0.4 is 10.6 Å². The first-order valence-corrected chi connectivity index (χ1v) is 6.63. The molecule has 0 aromatic heterocycles. The van der Waals surface area contributed by atoms with Crippen LogP contribution in [0.4, 0.5) is 4.39 Å². The van der Waals surface area contributed by atoms with Crippen molar-refractivity contribution >= 4 is 5.96 Å². The molecule has 0 aliphatic rings. The third-order valence-corrected chi connectivity index (χ3v) is 2.56. The molecule has 3 N–H and O–H groups in total. The van der Waals surface area contributed by atoms with Gasteiger partial charge in [-0.15, -0.1) is 0 Å². The molecule has 1 aromatic rings. The first kappa shape index (κ1) is 15.4. The van der Waals surface area contributed by atoms with E-state index in [1.807, 2.05) is 6.92 Å². The van der Waals surface area contributed by atoms with Crippen molar-refractivity contribution in [2.24, 2.45) is 4.99 Å². The van der Waals surface area contributed by atoms with Crippen molar-refractivity contribution in [3.63, 3.8) is 0 Å². The number of nitrogens with zero attached hydrogens (tertiary/aromatic N) is 1. The molecule has 0 aliphatic heterocycles. The highest BCUT2D eigenvalue weighted by molar-refractivity contribution is 5.79. The van der Waals surface area contributed by atoms with Crippen molar-refractivity contribution in [1.29, 1.82) is 0 Å². The van der Waals surface area contributed by atoms with E-state index < -0.39 is 6.10 Å². The van der Waals surface area contributed by atoms with Crippen LogP contribution in [-0.4, -0.2) is 30.7 Å². The highest BCUT2D eigenvalue weighted by Crippen LogP contribution is 2.13. The molecule has 0 radical (unpaired) electrons. The topological polar surface area (TPSA) is 56.7 Å². The predicted octanol–water partition coefficient (Wildman–Crippen LogP) is 1.82. The van der Waals surface area contributed by atoms with Gasteiger partial charge in [-0.05, 0) is 31.0 Å². The molecule has 5 heteroatoms. The molecule has 4 nitrogen and oxygen atoms in total. The second kappa shape index (κ2) is 8.48. The van der Waals surface area contributed by atoms with E-state index in [9.17, 15) is 9.50 Å². The summed E-state index contributed by atoms with van der Waals surface area (Å²) in [7, 11) is 0. The van der Waals surface area contributed by atoms with Gasteiger partial charge in [-0.1, -0.05) is 19.1 Å². The zero-order chi connectivity index (χ0) is 14.1. The van der Waals surface area contributed by atoms with Gasteiger partial charge in [0.05, 0.1) is 12.6 Å². The maximum atomic E-state index is 12.8. The Labute approximate surface area is 113 Å². The minimum Gasteiger partial charge on any atom is -0.386 e. The Kier molecular flexibility index (Phi) is 6.89. The van der Waals surface area contributed by atoms with Gasteiger partial charge in [0, 0.05) is 13.1 Å². The highest BCUT2D eigenvalue weighted by Gasteiger charge is 2.07. The van der Waals surface area contributed by atoms with Gasteiger partial charge in [0.25, 0.3) is 0 Å². The average molecular weight is 267 g/mol. The quantitative estimate of drug-likeness (QED) is 0.544. The summed E-state index contributed by atoms with van der Waals surface area (Å²) in [5.74, 6) is 0.378. The minimum atomic E-state index is -0.724. The normalized spacial score (nSPS) is 13.2. The fraction of sp³-hybridized carbons (Fsp3) is 0.500. The predicted molar refractivity (Wildman–Crippen MR) is 75.6 cm³/mol.